The molecule has 1 rings (SSSR count). The van der Waals surface area contributed by atoms with E-state index in [0.29, 0.717) is 0 Å². The summed E-state index contributed by atoms with van der Waals surface area (Å²) in [6, 6.07) is -0.0898. The van der Waals surface area contributed by atoms with E-state index in [-0.39, 0.29) is 12.1 Å². The van der Waals surface area contributed by atoms with E-state index < -0.39 is 45.9 Å². The van der Waals surface area contributed by atoms with Crippen molar-refractivity contribution in [1.29, 1.82) is 0 Å². The van der Waals surface area contributed by atoms with Gasteiger partial charge in [-0.2, -0.15) is 26.3 Å². The Labute approximate surface area is 100 Å². The number of nitro benzene ring substituents is 1. The highest BCUT2D eigenvalue weighted by Crippen LogP contribution is 2.42. The van der Waals surface area contributed by atoms with E-state index in [9.17, 15) is 41.3 Å². The zero-order chi connectivity index (χ0) is 15.0. The second kappa shape index (κ2) is 4.52. The summed E-state index contributed by atoms with van der Waals surface area (Å²) >= 11 is 0. The quantitative estimate of drug-likeness (QED) is 0.362. The fraction of sp³-hybridized carbons (Fsp3) is 0.222. The van der Waals surface area contributed by atoms with E-state index in [1.54, 1.807) is 0 Å². The Balaban J connectivity index is 3.77. The van der Waals surface area contributed by atoms with Gasteiger partial charge in [0.25, 0.3) is 5.69 Å². The standard InChI is InChI=1S/C9H3F6NO3/c10-8(11,12)5-1-2-6(9(13,14)15)7(16(18)19)4(5)3-17/h1-3H. The summed E-state index contributed by atoms with van der Waals surface area (Å²) in [6.45, 7) is 0. The summed E-state index contributed by atoms with van der Waals surface area (Å²) in [5.74, 6) is 0. The number of carbonyl (C=O) groups is 1. The molecule has 0 N–H and O–H groups in total. The molecule has 0 amide bonds. The van der Waals surface area contributed by atoms with Gasteiger partial charge in [-0.1, -0.05) is 0 Å². The van der Waals surface area contributed by atoms with Crippen LogP contribution in [0.1, 0.15) is 21.5 Å². The molecule has 0 fully saturated rings. The highest BCUT2D eigenvalue weighted by molar-refractivity contribution is 5.85. The van der Waals surface area contributed by atoms with Crippen molar-refractivity contribution in [2.75, 3.05) is 0 Å². The minimum atomic E-state index is -5.25. The van der Waals surface area contributed by atoms with E-state index in [1.807, 2.05) is 0 Å². The van der Waals surface area contributed by atoms with Gasteiger partial charge in [0.05, 0.1) is 10.5 Å². The van der Waals surface area contributed by atoms with Gasteiger partial charge in [-0.3, -0.25) is 14.9 Å². The molecule has 0 aromatic heterocycles. The molecule has 0 aliphatic rings. The lowest BCUT2D eigenvalue weighted by Crippen LogP contribution is -2.16. The normalized spacial score (nSPS) is 12.3. The lowest BCUT2D eigenvalue weighted by molar-refractivity contribution is -0.388. The number of nitro groups is 1. The topological polar surface area (TPSA) is 60.2 Å². The predicted octanol–water partition coefficient (Wildman–Crippen LogP) is 3.44. The van der Waals surface area contributed by atoms with Gasteiger partial charge < -0.3 is 0 Å². The summed E-state index contributed by atoms with van der Waals surface area (Å²) < 4.78 is 74.7. The third kappa shape index (κ3) is 2.83. The van der Waals surface area contributed by atoms with Crippen LogP contribution in [0.4, 0.5) is 32.0 Å². The number of aldehydes is 1. The van der Waals surface area contributed by atoms with Crippen molar-refractivity contribution in [3.63, 3.8) is 0 Å². The van der Waals surface area contributed by atoms with Gasteiger partial charge in [-0.15, -0.1) is 0 Å². The summed E-state index contributed by atoms with van der Waals surface area (Å²) in [5, 5.41) is 10.5. The van der Waals surface area contributed by atoms with Crippen LogP contribution in [0.3, 0.4) is 0 Å². The fourth-order valence-corrected chi connectivity index (χ4v) is 1.40. The molecule has 0 saturated carbocycles. The van der Waals surface area contributed by atoms with Gasteiger partial charge in [-0.25, -0.2) is 0 Å². The molecule has 1 aromatic rings. The number of halogens is 6. The molecule has 0 unspecified atom stereocenters. The molecule has 0 bridgehead atoms. The maximum atomic E-state index is 12.5. The van der Waals surface area contributed by atoms with Crippen LogP contribution in [0.15, 0.2) is 12.1 Å². The molecule has 0 aliphatic heterocycles. The SMILES string of the molecule is O=Cc1c(C(F)(F)F)ccc(C(F)(F)F)c1[N+](=O)[O-]. The summed E-state index contributed by atoms with van der Waals surface area (Å²) in [6.07, 6.45) is -11.0. The van der Waals surface area contributed by atoms with Crippen LogP contribution in [0.5, 0.6) is 0 Å². The number of hydrogen-bond acceptors (Lipinski definition) is 3. The summed E-state index contributed by atoms with van der Waals surface area (Å²) in [4.78, 5) is 19.3. The highest BCUT2D eigenvalue weighted by atomic mass is 19.4. The number of hydrogen-bond donors (Lipinski definition) is 0. The number of benzene rings is 1. The summed E-state index contributed by atoms with van der Waals surface area (Å²) in [5.41, 5.74) is -7.25. The van der Waals surface area contributed by atoms with Crippen LogP contribution < -0.4 is 0 Å². The third-order valence-electron chi connectivity index (χ3n) is 2.13. The molecule has 19 heavy (non-hydrogen) atoms. The molecule has 0 radical (unpaired) electrons. The van der Waals surface area contributed by atoms with Crippen LogP contribution in [0.2, 0.25) is 0 Å². The number of alkyl halides is 6. The minimum absolute atomic E-state index is 0.0143. The Bertz CT molecular complexity index is 534. The molecule has 0 aliphatic carbocycles. The maximum Gasteiger partial charge on any atom is 0.423 e. The van der Waals surface area contributed by atoms with Gasteiger partial charge in [-0.05, 0) is 12.1 Å². The molecule has 0 atom stereocenters. The smallest absolute Gasteiger partial charge is 0.298 e. The van der Waals surface area contributed by atoms with Gasteiger partial charge in [0.1, 0.15) is 11.1 Å². The van der Waals surface area contributed by atoms with Crippen molar-refractivity contribution in [3.05, 3.63) is 38.9 Å². The molecule has 0 spiro atoms. The van der Waals surface area contributed by atoms with Crippen molar-refractivity contribution < 1.29 is 36.1 Å². The van der Waals surface area contributed by atoms with Gasteiger partial charge in [0, 0.05) is 0 Å². The highest BCUT2D eigenvalue weighted by Gasteiger charge is 2.44. The molecule has 10 heteroatoms. The van der Waals surface area contributed by atoms with E-state index in [1.165, 1.54) is 0 Å². The lowest BCUT2D eigenvalue weighted by atomic mass is 10.0. The number of rotatable bonds is 2. The average Bonchev–Trinajstić information content (AvgIpc) is 2.24. The fourth-order valence-electron chi connectivity index (χ4n) is 1.40. The Morgan fingerprint density at radius 3 is 1.74 bits per heavy atom. The number of carbonyl (C=O) groups excluding carboxylic acids is 1. The summed E-state index contributed by atoms with van der Waals surface area (Å²) in [7, 11) is 0. The van der Waals surface area contributed by atoms with Gasteiger partial charge in [0.2, 0.25) is 0 Å². The molecule has 104 valence electrons. The second-order valence-electron chi connectivity index (χ2n) is 3.29. The van der Waals surface area contributed by atoms with Crippen LogP contribution >= 0.6 is 0 Å². The van der Waals surface area contributed by atoms with Crippen molar-refractivity contribution in [2.45, 2.75) is 12.4 Å². The van der Waals surface area contributed by atoms with Crippen molar-refractivity contribution in [1.82, 2.24) is 0 Å². The van der Waals surface area contributed by atoms with Crippen molar-refractivity contribution in [2.24, 2.45) is 0 Å². The predicted molar refractivity (Wildman–Crippen MR) is 48.5 cm³/mol. The Morgan fingerprint density at radius 1 is 1.00 bits per heavy atom. The maximum absolute atomic E-state index is 12.5. The van der Waals surface area contributed by atoms with Crippen LogP contribution in [-0.2, 0) is 12.4 Å². The lowest BCUT2D eigenvalue weighted by Gasteiger charge is -2.13. The van der Waals surface area contributed by atoms with Gasteiger partial charge >= 0.3 is 12.4 Å². The minimum Gasteiger partial charge on any atom is -0.298 e. The van der Waals surface area contributed by atoms with Crippen LogP contribution in [-0.4, -0.2) is 11.2 Å². The zero-order valence-corrected chi connectivity index (χ0v) is 8.67. The largest absolute Gasteiger partial charge is 0.423 e. The molecule has 0 heterocycles. The number of nitrogens with zero attached hydrogens (tertiary/aromatic N) is 1. The molecule has 1 aromatic carbocycles. The van der Waals surface area contributed by atoms with E-state index in [0.717, 1.165) is 0 Å². The van der Waals surface area contributed by atoms with Crippen LogP contribution in [0, 0.1) is 10.1 Å². The molecule has 4 nitrogen and oxygen atoms in total. The van der Waals surface area contributed by atoms with E-state index in [4.69, 9.17) is 0 Å². The zero-order valence-electron chi connectivity index (χ0n) is 8.67. The van der Waals surface area contributed by atoms with Crippen molar-refractivity contribution in [3.8, 4) is 0 Å². The molecular weight excluding hydrogens is 284 g/mol. The van der Waals surface area contributed by atoms with Crippen LogP contribution in [0.25, 0.3) is 0 Å². The second-order valence-corrected chi connectivity index (χ2v) is 3.29. The van der Waals surface area contributed by atoms with Crippen molar-refractivity contribution >= 4 is 12.0 Å². The average molecular weight is 287 g/mol. The van der Waals surface area contributed by atoms with Gasteiger partial charge in [0.15, 0.2) is 6.29 Å². The first-order chi connectivity index (χ1) is 8.50. The Hall–Kier alpha value is -2.13. The first-order valence-electron chi connectivity index (χ1n) is 4.41. The monoisotopic (exact) mass is 287 g/mol. The Morgan fingerprint density at radius 2 is 1.42 bits per heavy atom. The first-order valence-corrected chi connectivity index (χ1v) is 4.41. The molecular formula is C9H3F6NO3. The first kappa shape index (κ1) is 14.9. The van der Waals surface area contributed by atoms with E-state index in [2.05, 4.69) is 0 Å². The third-order valence-corrected chi connectivity index (χ3v) is 2.13. The Kier molecular flexibility index (Phi) is 3.55. The molecule has 0 saturated heterocycles. The van der Waals surface area contributed by atoms with E-state index >= 15 is 0 Å².